The lowest BCUT2D eigenvalue weighted by atomic mass is 9.90. The summed E-state index contributed by atoms with van der Waals surface area (Å²) < 4.78 is 11.9. The molecule has 7 heteroatoms. The number of nitrogens with zero attached hydrogens (tertiary/aromatic N) is 2. The lowest BCUT2D eigenvalue weighted by Gasteiger charge is -2.30. The largest absolute Gasteiger partial charge is 0.485 e. The molecule has 1 aromatic heterocycles. The van der Waals surface area contributed by atoms with Crippen LogP contribution in [-0.4, -0.2) is 46.3 Å². The molecule has 0 bridgehead atoms. The van der Waals surface area contributed by atoms with Crippen molar-refractivity contribution >= 4 is 5.97 Å². The van der Waals surface area contributed by atoms with Crippen molar-refractivity contribution < 1.29 is 24.5 Å². The number of pyridine rings is 1. The van der Waals surface area contributed by atoms with Gasteiger partial charge in [-0.05, 0) is 97.3 Å². The summed E-state index contributed by atoms with van der Waals surface area (Å²) in [5.41, 5.74) is 6.24. The van der Waals surface area contributed by atoms with E-state index in [1.165, 1.54) is 30.9 Å². The van der Waals surface area contributed by atoms with Gasteiger partial charge in [0.1, 0.15) is 11.9 Å². The fourth-order valence-corrected chi connectivity index (χ4v) is 5.33. The van der Waals surface area contributed by atoms with Crippen LogP contribution in [0.1, 0.15) is 60.6 Å². The number of carboxylic acids is 1. The van der Waals surface area contributed by atoms with Crippen LogP contribution in [0, 0.1) is 5.92 Å². The number of carboxylic acid groups (broad SMARTS) is 1. The minimum absolute atomic E-state index is 0.115. The van der Waals surface area contributed by atoms with Crippen LogP contribution in [0.3, 0.4) is 0 Å². The third-order valence-corrected chi connectivity index (χ3v) is 7.60. The molecule has 1 saturated heterocycles. The van der Waals surface area contributed by atoms with E-state index in [4.69, 9.17) is 9.47 Å². The van der Waals surface area contributed by atoms with E-state index < -0.39 is 18.0 Å². The summed E-state index contributed by atoms with van der Waals surface area (Å²) in [6.45, 7) is 4.59. The molecule has 37 heavy (non-hydrogen) atoms. The molecule has 2 aliphatic rings. The quantitative estimate of drug-likeness (QED) is 0.439. The molecule has 7 nitrogen and oxygen atoms in total. The summed E-state index contributed by atoms with van der Waals surface area (Å²) in [7, 11) is 1.62. The van der Waals surface area contributed by atoms with E-state index >= 15 is 0 Å². The highest BCUT2D eigenvalue weighted by Gasteiger charge is 2.28. The molecule has 2 aromatic carbocycles. The van der Waals surface area contributed by atoms with Crippen LogP contribution in [0.25, 0.3) is 11.1 Å². The van der Waals surface area contributed by atoms with Crippen molar-refractivity contribution in [3.8, 4) is 22.8 Å². The van der Waals surface area contributed by atoms with Crippen LogP contribution < -0.4 is 9.47 Å². The average Bonchev–Trinajstić information content (AvgIpc) is 3.44. The zero-order chi connectivity index (χ0) is 25.9. The molecule has 5 rings (SSSR count). The third kappa shape index (κ3) is 5.48. The first kappa shape index (κ1) is 25.2. The third-order valence-electron chi connectivity index (χ3n) is 7.60. The van der Waals surface area contributed by atoms with Gasteiger partial charge in [0.05, 0.1) is 19.1 Å². The maximum Gasteiger partial charge on any atom is 0.309 e. The number of hydrogen-bond donors (Lipinski definition) is 2. The van der Waals surface area contributed by atoms with Crippen LogP contribution >= 0.6 is 0 Å². The fraction of sp³-hybridized carbons (Fsp3) is 0.400. The average molecular weight is 503 g/mol. The lowest BCUT2D eigenvalue weighted by molar-refractivity contribution is -0.145. The SMILES string of the molecule is COc1cc(-c2ccc(C3CCc4ccc([C@H](O)[C@H](C)C(=O)O)cc4O3)c(CN3CCCC3)c2)ccn1. The second-order valence-electron chi connectivity index (χ2n) is 10.1. The van der Waals surface area contributed by atoms with Crippen LogP contribution in [0.4, 0.5) is 0 Å². The van der Waals surface area contributed by atoms with Gasteiger partial charge in [0.25, 0.3) is 0 Å². The molecule has 3 atom stereocenters. The number of likely N-dealkylation sites (tertiary alicyclic amines) is 1. The summed E-state index contributed by atoms with van der Waals surface area (Å²) in [6, 6.07) is 16.1. The molecule has 0 saturated carbocycles. The Balaban J connectivity index is 1.45. The Kier molecular flexibility index (Phi) is 7.44. The van der Waals surface area contributed by atoms with Crippen LogP contribution in [0.2, 0.25) is 0 Å². The number of hydrogen-bond acceptors (Lipinski definition) is 6. The first-order valence-electron chi connectivity index (χ1n) is 13.0. The molecule has 1 fully saturated rings. The number of carbonyl (C=O) groups is 1. The van der Waals surface area contributed by atoms with Crippen molar-refractivity contribution in [1.29, 1.82) is 0 Å². The highest BCUT2D eigenvalue weighted by Crippen LogP contribution is 2.39. The zero-order valence-electron chi connectivity index (χ0n) is 21.4. The van der Waals surface area contributed by atoms with Crippen LogP contribution in [0.15, 0.2) is 54.7 Å². The highest BCUT2D eigenvalue weighted by molar-refractivity contribution is 5.70. The van der Waals surface area contributed by atoms with Gasteiger partial charge in [-0.1, -0.05) is 24.3 Å². The molecular weight excluding hydrogens is 468 g/mol. The second-order valence-corrected chi connectivity index (χ2v) is 10.1. The maximum atomic E-state index is 11.4. The van der Waals surface area contributed by atoms with E-state index in [2.05, 4.69) is 28.1 Å². The van der Waals surface area contributed by atoms with E-state index in [9.17, 15) is 15.0 Å². The Morgan fingerprint density at radius 2 is 1.92 bits per heavy atom. The van der Waals surface area contributed by atoms with Gasteiger partial charge < -0.3 is 19.7 Å². The number of fused-ring (bicyclic) bond motifs is 1. The summed E-state index contributed by atoms with van der Waals surface area (Å²) in [5, 5.41) is 19.9. The zero-order valence-corrected chi connectivity index (χ0v) is 21.4. The molecule has 2 N–H and O–H groups in total. The van der Waals surface area contributed by atoms with Gasteiger partial charge in [-0.15, -0.1) is 0 Å². The van der Waals surface area contributed by atoms with Gasteiger partial charge >= 0.3 is 5.97 Å². The molecule has 0 spiro atoms. The summed E-state index contributed by atoms with van der Waals surface area (Å²) >= 11 is 0. The summed E-state index contributed by atoms with van der Waals surface area (Å²) in [6.07, 6.45) is 4.73. The van der Waals surface area contributed by atoms with Gasteiger partial charge in [0, 0.05) is 18.8 Å². The molecule has 194 valence electrons. The van der Waals surface area contributed by atoms with Gasteiger partial charge in [0.15, 0.2) is 0 Å². The Bertz CT molecular complexity index is 1270. The van der Waals surface area contributed by atoms with E-state index in [0.717, 1.165) is 54.9 Å². The van der Waals surface area contributed by atoms with Crippen LogP contribution in [0.5, 0.6) is 11.6 Å². The first-order chi connectivity index (χ1) is 17.9. The van der Waals surface area contributed by atoms with E-state index in [0.29, 0.717) is 11.4 Å². The maximum absolute atomic E-state index is 11.4. The molecule has 0 radical (unpaired) electrons. The summed E-state index contributed by atoms with van der Waals surface area (Å²) in [4.78, 5) is 18.1. The topological polar surface area (TPSA) is 92.1 Å². The number of aryl methyl sites for hydroxylation is 1. The Morgan fingerprint density at radius 1 is 1.14 bits per heavy atom. The number of aliphatic carboxylic acids is 1. The number of aliphatic hydroxyl groups excluding tert-OH is 1. The molecule has 3 aromatic rings. The predicted octanol–water partition coefficient (Wildman–Crippen LogP) is 5.17. The molecular formula is C30H34N2O5. The smallest absolute Gasteiger partial charge is 0.309 e. The monoisotopic (exact) mass is 502 g/mol. The molecule has 1 unspecified atom stereocenters. The van der Waals surface area contributed by atoms with Crippen LogP contribution in [-0.2, 0) is 17.8 Å². The normalized spacial score (nSPS) is 19.1. The van der Waals surface area contributed by atoms with Crippen molar-refractivity contribution in [3.05, 3.63) is 77.0 Å². The van der Waals surface area contributed by atoms with Gasteiger partial charge in [0.2, 0.25) is 5.88 Å². The van der Waals surface area contributed by atoms with Crippen molar-refractivity contribution in [3.63, 3.8) is 0 Å². The lowest BCUT2D eigenvalue weighted by Crippen LogP contribution is -2.22. The number of rotatable bonds is 8. The van der Waals surface area contributed by atoms with E-state index in [1.54, 1.807) is 13.3 Å². The van der Waals surface area contributed by atoms with Gasteiger partial charge in [-0.25, -0.2) is 4.98 Å². The van der Waals surface area contributed by atoms with Crippen molar-refractivity contribution in [2.24, 2.45) is 5.92 Å². The Morgan fingerprint density at radius 3 is 2.68 bits per heavy atom. The number of aromatic nitrogens is 1. The minimum Gasteiger partial charge on any atom is -0.485 e. The van der Waals surface area contributed by atoms with E-state index in [1.807, 2.05) is 30.3 Å². The number of ether oxygens (including phenoxy) is 2. The van der Waals surface area contributed by atoms with E-state index in [-0.39, 0.29) is 6.10 Å². The Hall–Kier alpha value is -3.42. The van der Waals surface area contributed by atoms with Crippen molar-refractivity contribution in [2.45, 2.75) is 51.4 Å². The van der Waals surface area contributed by atoms with Crippen molar-refractivity contribution in [1.82, 2.24) is 9.88 Å². The second kappa shape index (κ2) is 10.9. The fourth-order valence-electron chi connectivity index (χ4n) is 5.33. The molecule has 3 heterocycles. The van der Waals surface area contributed by atoms with Crippen molar-refractivity contribution in [2.75, 3.05) is 20.2 Å². The summed E-state index contributed by atoms with van der Waals surface area (Å²) in [5.74, 6) is -0.614. The highest BCUT2D eigenvalue weighted by atomic mass is 16.5. The molecule has 0 aliphatic carbocycles. The standard InChI is InChI=1S/C30H34N2O5/c1-19(30(34)35)29(33)23-6-5-20-8-10-26(37-27(20)16-23)25-9-7-21(22-11-12-31-28(17-22)36-2)15-24(25)18-32-13-3-4-14-32/h5-7,9,11-12,15-17,19,26,29,33H,3-4,8,10,13-14,18H2,1-2H3,(H,34,35)/t19-,26?,29+/m0/s1. The Labute approximate surface area is 217 Å². The number of aliphatic hydroxyl groups is 1. The predicted molar refractivity (Wildman–Crippen MR) is 141 cm³/mol. The number of methoxy groups -OCH3 is 1. The molecule has 0 amide bonds. The molecule has 2 aliphatic heterocycles. The van der Waals surface area contributed by atoms with Gasteiger partial charge in [-0.2, -0.15) is 0 Å². The number of benzene rings is 2. The first-order valence-corrected chi connectivity index (χ1v) is 13.0. The van der Waals surface area contributed by atoms with Gasteiger partial charge in [-0.3, -0.25) is 9.69 Å². The minimum atomic E-state index is -1.09.